The first kappa shape index (κ1) is 14.9. The fourth-order valence-electron chi connectivity index (χ4n) is 3.72. The number of nitrogens with one attached hydrogen (secondary N) is 1. The molecule has 1 spiro atoms. The fourth-order valence-corrected chi connectivity index (χ4v) is 3.72. The summed E-state index contributed by atoms with van der Waals surface area (Å²) in [4.78, 5) is 0. The first-order valence-corrected chi connectivity index (χ1v) is 8.31. The van der Waals surface area contributed by atoms with Crippen molar-refractivity contribution in [3.8, 4) is 5.75 Å². The van der Waals surface area contributed by atoms with Crippen molar-refractivity contribution in [3.05, 3.63) is 29.8 Å². The van der Waals surface area contributed by atoms with Gasteiger partial charge in [0.15, 0.2) is 0 Å². The van der Waals surface area contributed by atoms with Gasteiger partial charge in [0.05, 0.1) is 18.8 Å². The molecule has 1 N–H and O–H groups in total. The van der Waals surface area contributed by atoms with E-state index < -0.39 is 0 Å². The lowest BCUT2D eigenvalue weighted by atomic mass is 9.83. The molecule has 1 saturated heterocycles. The molecule has 2 aliphatic rings. The SMILES string of the molecule is COc1ccc(CNCC2CCC3(CCCCC3)O2)cc1. The fraction of sp³-hybridized carbons (Fsp3) is 0.667. The molecular weight excluding hydrogens is 262 g/mol. The number of ether oxygens (including phenoxy) is 2. The summed E-state index contributed by atoms with van der Waals surface area (Å²) < 4.78 is 11.6. The summed E-state index contributed by atoms with van der Waals surface area (Å²) in [7, 11) is 1.70. The first-order chi connectivity index (χ1) is 10.3. The Morgan fingerprint density at radius 3 is 2.62 bits per heavy atom. The Morgan fingerprint density at radius 2 is 1.90 bits per heavy atom. The lowest BCUT2D eigenvalue weighted by Crippen LogP contribution is -2.34. The summed E-state index contributed by atoms with van der Waals surface area (Å²) in [6, 6.07) is 8.26. The zero-order valence-corrected chi connectivity index (χ0v) is 13.1. The number of methoxy groups -OCH3 is 1. The van der Waals surface area contributed by atoms with E-state index in [9.17, 15) is 0 Å². The van der Waals surface area contributed by atoms with E-state index in [0.29, 0.717) is 6.10 Å². The van der Waals surface area contributed by atoms with Gasteiger partial charge in [0.2, 0.25) is 0 Å². The molecule has 1 aromatic carbocycles. The number of hydrogen-bond donors (Lipinski definition) is 1. The monoisotopic (exact) mass is 289 g/mol. The van der Waals surface area contributed by atoms with E-state index in [4.69, 9.17) is 9.47 Å². The van der Waals surface area contributed by atoms with Crippen LogP contribution in [0, 0.1) is 0 Å². The zero-order valence-electron chi connectivity index (χ0n) is 13.1. The minimum atomic E-state index is 0.241. The third-order valence-corrected chi connectivity index (χ3v) is 4.96. The van der Waals surface area contributed by atoms with Crippen LogP contribution in [-0.4, -0.2) is 25.4 Å². The smallest absolute Gasteiger partial charge is 0.118 e. The molecule has 3 rings (SSSR count). The maximum Gasteiger partial charge on any atom is 0.118 e. The molecule has 3 nitrogen and oxygen atoms in total. The van der Waals surface area contributed by atoms with Gasteiger partial charge in [-0.2, -0.15) is 0 Å². The molecule has 2 fully saturated rings. The van der Waals surface area contributed by atoms with Gasteiger partial charge in [-0.15, -0.1) is 0 Å². The molecule has 0 radical (unpaired) electrons. The van der Waals surface area contributed by atoms with Crippen LogP contribution in [0.3, 0.4) is 0 Å². The Hall–Kier alpha value is -1.06. The second-order valence-electron chi connectivity index (χ2n) is 6.50. The third kappa shape index (κ3) is 3.78. The Morgan fingerprint density at radius 1 is 1.14 bits per heavy atom. The highest BCUT2D eigenvalue weighted by Crippen LogP contribution is 2.41. The van der Waals surface area contributed by atoms with Crippen molar-refractivity contribution in [2.45, 2.75) is 63.2 Å². The van der Waals surface area contributed by atoms with E-state index in [1.54, 1.807) is 7.11 Å². The van der Waals surface area contributed by atoms with Crippen molar-refractivity contribution in [1.29, 1.82) is 0 Å². The van der Waals surface area contributed by atoms with Crippen LogP contribution >= 0.6 is 0 Å². The van der Waals surface area contributed by atoms with Crippen LogP contribution in [0.4, 0.5) is 0 Å². The predicted octanol–water partition coefficient (Wildman–Crippen LogP) is 3.67. The van der Waals surface area contributed by atoms with Crippen LogP contribution in [0.2, 0.25) is 0 Å². The molecule has 1 unspecified atom stereocenters. The summed E-state index contributed by atoms with van der Waals surface area (Å²) in [5.74, 6) is 0.914. The molecule has 0 aromatic heterocycles. The summed E-state index contributed by atoms with van der Waals surface area (Å²) in [6.07, 6.45) is 9.55. The molecule has 1 heterocycles. The van der Waals surface area contributed by atoms with Gasteiger partial charge in [0.1, 0.15) is 5.75 Å². The maximum atomic E-state index is 6.38. The zero-order chi connectivity index (χ0) is 14.5. The highest BCUT2D eigenvalue weighted by atomic mass is 16.5. The molecule has 21 heavy (non-hydrogen) atoms. The van der Waals surface area contributed by atoms with Gasteiger partial charge in [-0.05, 0) is 43.4 Å². The summed E-state index contributed by atoms with van der Waals surface area (Å²) >= 11 is 0. The molecule has 1 aromatic rings. The minimum absolute atomic E-state index is 0.241. The first-order valence-electron chi connectivity index (χ1n) is 8.31. The van der Waals surface area contributed by atoms with Gasteiger partial charge < -0.3 is 14.8 Å². The largest absolute Gasteiger partial charge is 0.497 e. The Labute approximate surface area is 128 Å². The lowest BCUT2D eigenvalue weighted by Gasteiger charge is -2.33. The van der Waals surface area contributed by atoms with Crippen LogP contribution < -0.4 is 10.1 Å². The van der Waals surface area contributed by atoms with Crippen molar-refractivity contribution in [1.82, 2.24) is 5.32 Å². The van der Waals surface area contributed by atoms with Gasteiger partial charge in [-0.3, -0.25) is 0 Å². The van der Waals surface area contributed by atoms with Crippen molar-refractivity contribution >= 4 is 0 Å². The molecule has 1 aliphatic heterocycles. The van der Waals surface area contributed by atoms with E-state index in [1.807, 2.05) is 12.1 Å². The average molecular weight is 289 g/mol. The van der Waals surface area contributed by atoms with Crippen LogP contribution in [0.25, 0.3) is 0 Å². The van der Waals surface area contributed by atoms with Crippen molar-refractivity contribution in [2.24, 2.45) is 0 Å². The molecule has 1 atom stereocenters. The Bertz CT molecular complexity index is 437. The van der Waals surface area contributed by atoms with Gasteiger partial charge in [0.25, 0.3) is 0 Å². The number of rotatable bonds is 5. The Balaban J connectivity index is 1.41. The minimum Gasteiger partial charge on any atom is -0.497 e. The quantitative estimate of drug-likeness (QED) is 0.897. The van der Waals surface area contributed by atoms with Crippen LogP contribution in [0.15, 0.2) is 24.3 Å². The molecular formula is C18H27NO2. The molecule has 116 valence electrons. The van der Waals surface area contributed by atoms with E-state index >= 15 is 0 Å². The number of benzene rings is 1. The van der Waals surface area contributed by atoms with E-state index in [-0.39, 0.29) is 5.60 Å². The second kappa shape index (κ2) is 6.80. The van der Waals surface area contributed by atoms with Crippen molar-refractivity contribution in [3.63, 3.8) is 0 Å². The highest BCUT2D eigenvalue weighted by Gasteiger charge is 2.40. The van der Waals surface area contributed by atoms with Crippen LogP contribution in [-0.2, 0) is 11.3 Å². The van der Waals surface area contributed by atoms with Gasteiger partial charge >= 0.3 is 0 Å². The average Bonchev–Trinajstić information content (AvgIpc) is 2.91. The van der Waals surface area contributed by atoms with Crippen molar-refractivity contribution < 1.29 is 9.47 Å². The normalized spacial score (nSPS) is 24.3. The lowest BCUT2D eigenvalue weighted by molar-refractivity contribution is -0.0624. The van der Waals surface area contributed by atoms with Crippen LogP contribution in [0.5, 0.6) is 5.75 Å². The molecule has 1 aliphatic carbocycles. The van der Waals surface area contributed by atoms with E-state index in [2.05, 4.69) is 17.4 Å². The van der Waals surface area contributed by atoms with Gasteiger partial charge in [-0.25, -0.2) is 0 Å². The van der Waals surface area contributed by atoms with Gasteiger partial charge in [0, 0.05) is 13.1 Å². The van der Waals surface area contributed by atoms with Crippen LogP contribution in [0.1, 0.15) is 50.5 Å². The maximum absolute atomic E-state index is 6.38. The van der Waals surface area contributed by atoms with E-state index in [1.165, 1.54) is 50.5 Å². The predicted molar refractivity (Wildman–Crippen MR) is 84.6 cm³/mol. The van der Waals surface area contributed by atoms with E-state index in [0.717, 1.165) is 18.8 Å². The molecule has 0 bridgehead atoms. The Kier molecular flexibility index (Phi) is 4.81. The summed E-state index contributed by atoms with van der Waals surface area (Å²) in [6.45, 7) is 1.87. The second-order valence-corrected chi connectivity index (χ2v) is 6.50. The van der Waals surface area contributed by atoms with Crippen molar-refractivity contribution in [2.75, 3.05) is 13.7 Å². The molecule has 1 saturated carbocycles. The standard InChI is InChI=1S/C18H27NO2/c1-20-16-7-5-15(6-8-16)13-19-14-17-9-12-18(21-17)10-3-2-4-11-18/h5-8,17,19H,2-4,9-14H2,1H3. The molecule has 0 amide bonds. The van der Waals surface area contributed by atoms with Gasteiger partial charge in [-0.1, -0.05) is 31.4 Å². The number of hydrogen-bond acceptors (Lipinski definition) is 3. The topological polar surface area (TPSA) is 30.5 Å². The summed E-state index contributed by atoms with van der Waals surface area (Å²) in [5.41, 5.74) is 1.53. The third-order valence-electron chi connectivity index (χ3n) is 4.96. The summed E-state index contributed by atoms with van der Waals surface area (Å²) in [5, 5.41) is 3.54. The molecule has 3 heteroatoms. The highest BCUT2D eigenvalue weighted by molar-refractivity contribution is 5.26.